The Balaban J connectivity index is 1.26. The highest BCUT2D eigenvalue weighted by molar-refractivity contribution is 5.21. The molecule has 33 heavy (non-hydrogen) atoms. The van der Waals surface area contributed by atoms with E-state index < -0.39 is 5.60 Å². The van der Waals surface area contributed by atoms with Crippen LogP contribution in [0.25, 0.3) is 0 Å². The van der Waals surface area contributed by atoms with Crippen LogP contribution in [0.2, 0.25) is 0 Å². The van der Waals surface area contributed by atoms with Gasteiger partial charge in [0, 0.05) is 19.3 Å². The second kappa shape index (κ2) is 9.00. The summed E-state index contributed by atoms with van der Waals surface area (Å²) in [5.41, 5.74) is 0.526. The van der Waals surface area contributed by atoms with Gasteiger partial charge in [-0.15, -0.1) is 0 Å². The molecule has 0 bridgehead atoms. The molecule has 9 atom stereocenters. The Bertz CT molecular complexity index is 877. The van der Waals surface area contributed by atoms with Crippen molar-refractivity contribution in [2.45, 2.75) is 90.7 Å². The van der Waals surface area contributed by atoms with Crippen LogP contribution in [0.1, 0.15) is 84.1 Å². The van der Waals surface area contributed by atoms with Crippen LogP contribution in [0.5, 0.6) is 0 Å². The van der Waals surface area contributed by atoms with E-state index in [0.717, 1.165) is 49.0 Å². The van der Waals surface area contributed by atoms with Crippen molar-refractivity contribution in [3.05, 3.63) is 18.0 Å². The van der Waals surface area contributed by atoms with E-state index >= 15 is 0 Å². The van der Waals surface area contributed by atoms with Gasteiger partial charge in [0.15, 0.2) is 0 Å². The first-order valence-electron chi connectivity index (χ1n) is 13.6. The maximum Gasteiger partial charge on any atom is 0.102 e. The minimum absolute atomic E-state index is 0.447. The van der Waals surface area contributed by atoms with Gasteiger partial charge in [-0.1, -0.05) is 13.8 Å². The summed E-state index contributed by atoms with van der Waals surface area (Å²) in [6.45, 7) is 9.18. The van der Waals surface area contributed by atoms with Crippen molar-refractivity contribution in [2.24, 2.45) is 46.8 Å². The van der Waals surface area contributed by atoms with Crippen molar-refractivity contribution in [3.63, 3.8) is 0 Å². The van der Waals surface area contributed by atoms with E-state index in [0.29, 0.717) is 36.0 Å². The van der Waals surface area contributed by atoms with E-state index in [1.165, 1.54) is 44.9 Å². The number of nitriles is 1. The van der Waals surface area contributed by atoms with Crippen molar-refractivity contribution in [1.82, 2.24) is 9.78 Å². The molecule has 4 fully saturated rings. The van der Waals surface area contributed by atoms with Gasteiger partial charge in [0.2, 0.25) is 0 Å². The first-order valence-corrected chi connectivity index (χ1v) is 13.6. The third-order valence-corrected chi connectivity index (χ3v) is 10.7. The summed E-state index contributed by atoms with van der Waals surface area (Å²) in [7, 11) is 0. The molecule has 1 heterocycles. The van der Waals surface area contributed by atoms with Crippen LogP contribution >= 0.6 is 0 Å². The van der Waals surface area contributed by atoms with Crippen molar-refractivity contribution in [3.8, 4) is 6.07 Å². The minimum Gasteiger partial charge on any atom is -0.387 e. The summed E-state index contributed by atoms with van der Waals surface area (Å²) in [5, 5.41) is 24.7. The Morgan fingerprint density at radius 3 is 2.76 bits per heavy atom. The quantitative estimate of drug-likeness (QED) is 0.624. The van der Waals surface area contributed by atoms with E-state index in [1.807, 2.05) is 17.8 Å². The number of nitrogens with zero attached hydrogens (tertiary/aromatic N) is 3. The number of ether oxygens (including phenoxy) is 1. The molecule has 4 aliphatic carbocycles. The summed E-state index contributed by atoms with van der Waals surface area (Å²) in [6.07, 6.45) is 14.8. The standard InChI is InChI=1S/C28H43N3O2/c1-4-33-18-28(32)12-10-22-21(13-28)5-6-24-23(22)9-11-27(3)25(7-8-26(24)27)19(2)16-31-17-20(14-29)15-30-31/h15,17,19,21-26,32H,4-13,16,18H2,1-3H3/t19?,21-,22+,23-,24-,25-,26+,27-,28-/m1/s1. The van der Waals surface area contributed by atoms with E-state index in [1.54, 1.807) is 6.20 Å². The highest BCUT2D eigenvalue weighted by Gasteiger charge is 2.58. The van der Waals surface area contributed by atoms with Crippen molar-refractivity contribution >= 4 is 0 Å². The van der Waals surface area contributed by atoms with E-state index in [9.17, 15) is 5.11 Å². The van der Waals surface area contributed by atoms with E-state index in [2.05, 4.69) is 25.0 Å². The van der Waals surface area contributed by atoms with Crippen LogP contribution < -0.4 is 0 Å². The molecule has 0 aliphatic heterocycles. The van der Waals surface area contributed by atoms with Gasteiger partial charge in [0.05, 0.1) is 24.0 Å². The van der Waals surface area contributed by atoms with Crippen molar-refractivity contribution in [2.75, 3.05) is 13.2 Å². The Morgan fingerprint density at radius 2 is 2.00 bits per heavy atom. The van der Waals surface area contributed by atoms with Crippen LogP contribution in [0.3, 0.4) is 0 Å². The molecule has 5 rings (SSSR count). The monoisotopic (exact) mass is 453 g/mol. The second-order valence-corrected chi connectivity index (χ2v) is 12.3. The van der Waals surface area contributed by atoms with Gasteiger partial charge >= 0.3 is 0 Å². The number of aliphatic hydroxyl groups is 1. The number of rotatable bonds is 6. The van der Waals surface area contributed by atoms with Crippen LogP contribution in [-0.2, 0) is 11.3 Å². The molecule has 0 spiro atoms. The fraction of sp³-hybridized carbons (Fsp3) is 0.857. The molecule has 1 unspecified atom stereocenters. The zero-order valence-corrected chi connectivity index (χ0v) is 20.9. The zero-order chi connectivity index (χ0) is 23.2. The summed E-state index contributed by atoms with van der Waals surface area (Å²) in [5.74, 6) is 5.47. The number of hydrogen-bond acceptors (Lipinski definition) is 4. The van der Waals surface area contributed by atoms with Gasteiger partial charge < -0.3 is 9.84 Å². The molecule has 0 aromatic carbocycles. The van der Waals surface area contributed by atoms with Crippen LogP contribution in [0.4, 0.5) is 0 Å². The Hall–Kier alpha value is -1.38. The molecular weight excluding hydrogens is 410 g/mol. The predicted octanol–water partition coefficient (Wildman–Crippen LogP) is 5.43. The topological polar surface area (TPSA) is 71.1 Å². The molecule has 4 saturated carbocycles. The highest BCUT2D eigenvalue weighted by atomic mass is 16.5. The Labute approximate surface area is 199 Å². The van der Waals surface area contributed by atoms with Gasteiger partial charge in [-0.05, 0) is 112 Å². The predicted molar refractivity (Wildman–Crippen MR) is 128 cm³/mol. The van der Waals surface area contributed by atoms with Gasteiger partial charge in [0.1, 0.15) is 6.07 Å². The third kappa shape index (κ3) is 4.16. The molecule has 5 nitrogen and oxygen atoms in total. The maximum absolute atomic E-state index is 11.1. The molecule has 0 saturated heterocycles. The first kappa shape index (κ1) is 23.4. The van der Waals surface area contributed by atoms with Gasteiger partial charge in [0.25, 0.3) is 0 Å². The molecule has 5 heteroatoms. The third-order valence-electron chi connectivity index (χ3n) is 10.7. The number of fused-ring (bicyclic) bond motifs is 5. The molecule has 4 aliphatic rings. The van der Waals surface area contributed by atoms with Crippen molar-refractivity contribution < 1.29 is 9.84 Å². The molecule has 182 valence electrons. The number of hydrogen-bond donors (Lipinski definition) is 1. The molecule has 1 aromatic heterocycles. The second-order valence-electron chi connectivity index (χ2n) is 12.3. The largest absolute Gasteiger partial charge is 0.387 e. The average molecular weight is 454 g/mol. The number of aromatic nitrogens is 2. The van der Waals surface area contributed by atoms with Crippen LogP contribution in [-0.4, -0.2) is 33.7 Å². The van der Waals surface area contributed by atoms with E-state index in [-0.39, 0.29) is 0 Å². The molecule has 0 radical (unpaired) electrons. The summed E-state index contributed by atoms with van der Waals surface area (Å²) >= 11 is 0. The first-order chi connectivity index (χ1) is 15.9. The van der Waals surface area contributed by atoms with Crippen LogP contribution in [0, 0.1) is 58.2 Å². The van der Waals surface area contributed by atoms with Gasteiger partial charge in [-0.3, -0.25) is 4.68 Å². The van der Waals surface area contributed by atoms with Gasteiger partial charge in [-0.2, -0.15) is 10.4 Å². The lowest BCUT2D eigenvalue weighted by atomic mass is 9.48. The lowest BCUT2D eigenvalue weighted by Crippen LogP contribution is -2.52. The normalized spacial score (nSPS) is 43.2. The Morgan fingerprint density at radius 1 is 1.18 bits per heavy atom. The van der Waals surface area contributed by atoms with E-state index in [4.69, 9.17) is 10.00 Å². The lowest BCUT2D eigenvalue weighted by Gasteiger charge is -2.57. The molecule has 1 N–H and O–H groups in total. The average Bonchev–Trinajstić information content (AvgIpc) is 3.40. The summed E-state index contributed by atoms with van der Waals surface area (Å²) < 4.78 is 7.63. The zero-order valence-electron chi connectivity index (χ0n) is 20.9. The van der Waals surface area contributed by atoms with Crippen molar-refractivity contribution in [1.29, 1.82) is 5.26 Å². The fourth-order valence-electron chi connectivity index (χ4n) is 9.30. The molecule has 0 amide bonds. The minimum atomic E-state index is -0.584. The Kier molecular flexibility index (Phi) is 6.38. The fourth-order valence-corrected chi connectivity index (χ4v) is 9.30. The molecular formula is C28H43N3O2. The molecule has 1 aromatic rings. The van der Waals surface area contributed by atoms with Gasteiger partial charge in [-0.25, -0.2) is 0 Å². The van der Waals surface area contributed by atoms with Crippen LogP contribution in [0.15, 0.2) is 12.4 Å². The SMILES string of the molecule is CCOC[C@@]1(O)CC[C@H]2[C@H](CC[C@@H]3[C@@H]2CC[C@]2(C)[C@@H](C(C)Cn4cc(C#N)cn4)CC[C@@H]32)C1. The highest BCUT2D eigenvalue weighted by Crippen LogP contribution is 2.65. The maximum atomic E-state index is 11.1. The lowest BCUT2D eigenvalue weighted by molar-refractivity contribution is -0.129. The summed E-state index contributed by atoms with van der Waals surface area (Å²) in [6, 6.07) is 2.21. The summed E-state index contributed by atoms with van der Waals surface area (Å²) in [4.78, 5) is 0. The smallest absolute Gasteiger partial charge is 0.102 e.